The van der Waals surface area contributed by atoms with Gasteiger partial charge in [0.05, 0.1) is 9.79 Å². The number of sulfone groups is 1. The van der Waals surface area contributed by atoms with Crippen molar-refractivity contribution in [3.8, 4) is 0 Å². The first-order valence-corrected chi connectivity index (χ1v) is 10.4. The maximum atomic E-state index is 12.8. The Hall–Kier alpha value is -2.20. The molecular formula is C18H15O4PS. The monoisotopic (exact) mass is 358 g/mol. The van der Waals surface area contributed by atoms with E-state index >= 15 is 0 Å². The van der Waals surface area contributed by atoms with Crippen LogP contribution in [0, 0.1) is 0 Å². The molecule has 0 aromatic heterocycles. The highest BCUT2D eigenvalue weighted by atomic mass is 32.2. The molecule has 0 radical (unpaired) electrons. The van der Waals surface area contributed by atoms with Crippen molar-refractivity contribution in [1.82, 2.24) is 0 Å². The van der Waals surface area contributed by atoms with E-state index in [4.69, 9.17) is 0 Å². The molecule has 0 aliphatic rings. The van der Waals surface area contributed by atoms with Gasteiger partial charge in [-0.3, -0.25) is 4.57 Å². The maximum Gasteiger partial charge on any atom is 0.258 e. The van der Waals surface area contributed by atoms with Crippen LogP contribution in [0.3, 0.4) is 0 Å². The zero-order valence-corrected chi connectivity index (χ0v) is 14.3. The molecule has 0 saturated carbocycles. The maximum absolute atomic E-state index is 12.8. The highest BCUT2D eigenvalue weighted by Gasteiger charge is 2.26. The van der Waals surface area contributed by atoms with Crippen molar-refractivity contribution in [1.29, 1.82) is 0 Å². The molecule has 0 heterocycles. The van der Waals surface area contributed by atoms with E-state index in [1.807, 2.05) is 0 Å². The van der Waals surface area contributed by atoms with E-state index in [1.165, 1.54) is 36.4 Å². The zero-order valence-electron chi connectivity index (χ0n) is 12.6. The molecule has 122 valence electrons. The Morgan fingerprint density at radius 2 is 1.17 bits per heavy atom. The fourth-order valence-electron chi connectivity index (χ4n) is 2.35. The average molecular weight is 358 g/mol. The van der Waals surface area contributed by atoms with Gasteiger partial charge >= 0.3 is 0 Å². The van der Waals surface area contributed by atoms with Crippen molar-refractivity contribution in [2.45, 2.75) is 9.79 Å². The smallest absolute Gasteiger partial charge is 0.258 e. The Balaban J connectivity index is 2.09. The molecular weight excluding hydrogens is 343 g/mol. The Morgan fingerprint density at radius 3 is 1.79 bits per heavy atom. The lowest BCUT2D eigenvalue weighted by atomic mass is 10.4. The summed E-state index contributed by atoms with van der Waals surface area (Å²) in [6.07, 6.45) is 0. The van der Waals surface area contributed by atoms with E-state index < -0.39 is 17.2 Å². The van der Waals surface area contributed by atoms with Gasteiger partial charge in [-0.2, -0.15) is 0 Å². The molecule has 1 unspecified atom stereocenters. The lowest BCUT2D eigenvalue weighted by Crippen LogP contribution is -2.16. The average Bonchev–Trinajstić information content (AvgIpc) is 2.63. The topological polar surface area (TPSA) is 71.4 Å². The number of hydrogen-bond acceptors (Lipinski definition) is 3. The van der Waals surface area contributed by atoms with Gasteiger partial charge in [-0.25, -0.2) is 8.42 Å². The summed E-state index contributed by atoms with van der Waals surface area (Å²) in [6.45, 7) is 0. The van der Waals surface area contributed by atoms with Crippen molar-refractivity contribution in [3.63, 3.8) is 0 Å². The third-order valence-corrected chi connectivity index (χ3v) is 7.38. The summed E-state index contributed by atoms with van der Waals surface area (Å²) in [4.78, 5) is 10.6. The van der Waals surface area contributed by atoms with Crippen molar-refractivity contribution in [2.75, 3.05) is 0 Å². The van der Waals surface area contributed by atoms with Crippen LogP contribution in [0.15, 0.2) is 94.7 Å². The summed E-state index contributed by atoms with van der Waals surface area (Å²) in [5, 5.41) is 0.352. The summed E-state index contributed by atoms with van der Waals surface area (Å²) in [5.74, 6) is 0. The first-order chi connectivity index (χ1) is 11.4. The van der Waals surface area contributed by atoms with Gasteiger partial charge in [-0.15, -0.1) is 0 Å². The molecule has 0 bridgehead atoms. The van der Waals surface area contributed by atoms with E-state index in [1.54, 1.807) is 48.5 Å². The van der Waals surface area contributed by atoms with Crippen LogP contribution in [0.1, 0.15) is 0 Å². The number of hydrogen-bond donors (Lipinski definition) is 1. The molecule has 6 heteroatoms. The first kappa shape index (κ1) is 16.7. The van der Waals surface area contributed by atoms with Crippen molar-refractivity contribution >= 4 is 27.8 Å². The Kier molecular flexibility index (Phi) is 4.41. The fourth-order valence-corrected chi connectivity index (χ4v) is 5.25. The van der Waals surface area contributed by atoms with Gasteiger partial charge in [0.25, 0.3) is 7.37 Å². The lowest BCUT2D eigenvalue weighted by molar-refractivity contribution is 0.501. The van der Waals surface area contributed by atoms with Gasteiger partial charge < -0.3 is 4.89 Å². The van der Waals surface area contributed by atoms with Crippen LogP contribution in [0.2, 0.25) is 0 Å². The minimum atomic E-state index is -3.85. The van der Waals surface area contributed by atoms with Crippen LogP contribution in [0.5, 0.6) is 0 Å². The molecule has 3 rings (SSSR count). The molecule has 3 aromatic rings. The van der Waals surface area contributed by atoms with E-state index in [9.17, 15) is 17.9 Å². The molecule has 0 spiro atoms. The minimum absolute atomic E-state index is 0.00333. The summed E-state index contributed by atoms with van der Waals surface area (Å²) in [5.41, 5.74) is 0. The Labute approximate surface area is 140 Å². The van der Waals surface area contributed by atoms with Crippen LogP contribution >= 0.6 is 7.37 Å². The third kappa shape index (κ3) is 3.06. The standard InChI is InChI=1S/C18H15O4PS/c19-23(20,15-8-3-1-4-9-15)16-10-7-13-18(14-16)24(21,22)17-11-5-2-6-12-17/h1-14H,(H,19,20). The Morgan fingerprint density at radius 1 is 0.667 bits per heavy atom. The molecule has 0 fully saturated rings. The van der Waals surface area contributed by atoms with Gasteiger partial charge in [0.1, 0.15) is 0 Å². The normalized spacial score (nSPS) is 14.0. The highest BCUT2D eigenvalue weighted by Crippen LogP contribution is 2.38. The minimum Gasteiger partial charge on any atom is -0.338 e. The van der Waals surface area contributed by atoms with Crippen molar-refractivity contribution in [2.24, 2.45) is 0 Å². The second-order valence-electron chi connectivity index (χ2n) is 5.23. The van der Waals surface area contributed by atoms with E-state index in [0.29, 0.717) is 0 Å². The van der Waals surface area contributed by atoms with E-state index in [0.717, 1.165) is 0 Å². The zero-order chi connectivity index (χ0) is 17.2. The fraction of sp³-hybridized carbons (Fsp3) is 0. The van der Waals surface area contributed by atoms with E-state index in [2.05, 4.69) is 0 Å². The molecule has 0 amide bonds. The van der Waals surface area contributed by atoms with Gasteiger partial charge in [-0.1, -0.05) is 42.5 Å². The van der Waals surface area contributed by atoms with E-state index in [-0.39, 0.29) is 20.4 Å². The van der Waals surface area contributed by atoms with Gasteiger partial charge in [0.15, 0.2) is 0 Å². The SMILES string of the molecule is O=P(O)(c1ccccc1)c1cccc(S(=O)(=O)c2ccccc2)c1. The summed E-state index contributed by atoms with van der Waals surface area (Å²) in [7, 11) is -7.59. The predicted octanol–water partition coefficient (Wildman–Crippen LogP) is 2.74. The molecule has 0 aliphatic carbocycles. The summed E-state index contributed by atoms with van der Waals surface area (Å²) in [6, 6.07) is 21.9. The molecule has 1 atom stereocenters. The summed E-state index contributed by atoms with van der Waals surface area (Å²) >= 11 is 0. The summed E-state index contributed by atoms with van der Waals surface area (Å²) < 4.78 is 38.1. The molecule has 0 saturated heterocycles. The number of rotatable bonds is 4. The molecule has 0 aliphatic heterocycles. The quantitative estimate of drug-likeness (QED) is 0.728. The molecule has 4 nitrogen and oxygen atoms in total. The number of benzene rings is 3. The van der Waals surface area contributed by atoms with Gasteiger partial charge in [0, 0.05) is 10.6 Å². The van der Waals surface area contributed by atoms with Crippen LogP contribution in [-0.2, 0) is 14.4 Å². The molecule has 1 N–H and O–H groups in total. The van der Waals surface area contributed by atoms with Crippen LogP contribution < -0.4 is 10.6 Å². The van der Waals surface area contributed by atoms with Gasteiger partial charge in [-0.05, 0) is 42.5 Å². The van der Waals surface area contributed by atoms with Crippen molar-refractivity contribution in [3.05, 3.63) is 84.9 Å². The highest BCUT2D eigenvalue weighted by molar-refractivity contribution is 7.91. The van der Waals surface area contributed by atoms with Crippen molar-refractivity contribution < 1.29 is 17.9 Å². The molecule has 24 heavy (non-hydrogen) atoms. The first-order valence-electron chi connectivity index (χ1n) is 7.21. The second-order valence-corrected chi connectivity index (χ2v) is 9.36. The van der Waals surface area contributed by atoms with Crippen LogP contribution in [0.4, 0.5) is 0 Å². The third-order valence-electron chi connectivity index (χ3n) is 3.64. The molecule has 3 aromatic carbocycles. The second kappa shape index (κ2) is 6.36. The van der Waals surface area contributed by atoms with Crippen LogP contribution in [-0.4, -0.2) is 13.3 Å². The Bertz CT molecular complexity index is 999. The lowest BCUT2D eigenvalue weighted by Gasteiger charge is -2.13. The van der Waals surface area contributed by atoms with Crippen LogP contribution in [0.25, 0.3) is 0 Å². The van der Waals surface area contributed by atoms with Gasteiger partial charge in [0.2, 0.25) is 9.84 Å². The predicted molar refractivity (Wildman–Crippen MR) is 93.9 cm³/mol. The largest absolute Gasteiger partial charge is 0.338 e.